The van der Waals surface area contributed by atoms with Crippen LogP contribution in [0.4, 0.5) is 4.39 Å². The summed E-state index contributed by atoms with van der Waals surface area (Å²) in [6.45, 7) is 13.2. The number of alkyl halides is 1. The Balaban J connectivity index is 1.73. The number of hydrogen-bond donors (Lipinski definition) is 1. The Morgan fingerprint density at radius 3 is 2.62 bits per heavy atom. The highest BCUT2D eigenvalue weighted by Crippen LogP contribution is 2.60. The van der Waals surface area contributed by atoms with E-state index in [0.29, 0.717) is 17.8 Å². The molecule has 6 atom stereocenters. The Hall–Kier alpha value is -0.890. The third-order valence-electron chi connectivity index (χ3n) is 8.45. The molecule has 1 N–H and O–H groups in total. The molecule has 0 aromatic carbocycles. The molecule has 0 amide bonds. The molecular weight excluding hydrogens is 359 g/mol. The van der Waals surface area contributed by atoms with Crippen molar-refractivity contribution < 1.29 is 9.50 Å². The number of hydrogen-bond acceptors (Lipinski definition) is 1. The lowest BCUT2D eigenvalue weighted by atomic mass is 9.60. The maximum absolute atomic E-state index is 15.0. The van der Waals surface area contributed by atoms with E-state index in [9.17, 15) is 5.11 Å². The molecule has 0 spiro atoms. The van der Waals surface area contributed by atoms with E-state index in [4.69, 9.17) is 0 Å². The quantitative estimate of drug-likeness (QED) is 0.486. The monoisotopic (exact) mass is 402 g/mol. The molecule has 0 bridgehead atoms. The fraction of sp³-hybridized carbons (Fsp3) is 0.778. The summed E-state index contributed by atoms with van der Waals surface area (Å²) in [5.41, 5.74) is 4.22. The van der Waals surface area contributed by atoms with Gasteiger partial charge in [0.05, 0.1) is 6.10 Å². The molecule has 3 aliphatic carbocycles. The van der Waals surface area contributed by atoms with Gasteiger partial charge in [0.15, 0.2) is 0 Å². The van der Waals surface area contributed by atoms with Gasteiger partial charge in [-0.05, 0) is 98.9 Å². The first kappa shape index (κ1) is 22.8. The van der Waals surface area contributed by atoms with Crippen LogP contribution in [-0.2, 0) is 0 Å². The first-order valence-electron chi connectivity index (χ1n) is 12.1. The van der Waals surface area contributed by atoms with E-state index in [-0.39, 0.29) is 17.4 Å². The maximum Gasteiger partial charge on any atom is 0.103 e. The lowest BCUT2D eigenvalue weighted by Crippen LogP contribution is -2.38. The Morgan fingerprint density at radius 2 is 1.90 bits per heavy atom. The molecule has 3 aliphatic rings. The molecule has 0 heterocycles. The highest BCUT2D eigenvalue weighted by molar-refractivity contribution is 5.36. The molecule has 3 saturated carbocycles. The van der Waals surface area contributed by atoms with Crippen molar-refractivity contribution in [3.8, 4) is 0 Å². The van der Waals surface area contributed by atoms with Gasteiger partial charge in [-0.2, -0.15) is 0 Å². The molecule has 164 valence electrons. The van der Waals surface area contributed by atoms with Gasteiger partial charge < -0.3 is 5.11 Å². The van der Waals surface area contributed by atoms with E-state index in [1.807, 2.05) is 0 Å². The number of aliphatic hydroxyl groups is 1. The summed E-state index contributed by atoms with van der Waals surface area (Å²) in [5, 5.41) is 10.0. The largest absolute Gasteiger partial charge is 0.393 e. The number of halogens is 1. The van der Waals surface area contributed by atoms with Crippen molar-refractivity contribution >= 4 is 0 Å². The van der Waals surface area contributed by atoms with Gasteiger partial charge in [-0.1, -0.05) is 57.6 Å². The van der Waals surface area contributed by atoms with E-state index >= 15 is 4.39 Å². The minimum Gasteiger partial charge on any atom is -0.393 e. The van der Waals surface area contributed by atoms with Crippen LogP contribution in [0.2, 0.25) is 0 Å². The standard InChI is InChI=1S/C27H43FO/c1-18(2)8-15-26(28)20(4)24-13-14-25-21(7-6-16-27(24,25)5)10-11-22-17-23(29)12-9-19(22)3/h10-11,18,20,23-26,29H,3,6-9,12-17H2,1-2,4-5H3/b21-10+,22-11-/t20-,23-,24+,25?,26?,27+/m0/s1. The molecule has 0 aromatic heterocycles. The van der Waals surface area contributed by atoms with Crippen molar-refractivity contribution in [2.24, 2.45) is 29.1 Å². The van der Waals surface area contributed by atoms with Gasteiger partial charge in [0.25, 0.3) is 0 Å². The SMILES string of the molecule is C=C1CC[C@H](O)C/C1=C/C=C1\CCC[C@@]2(C)C1CC[C@@H]2[C@H](C)C(F)CCC(C)C. The van der Waals surface area contributed by atoms with Crippen LogP contribution in [-0.4, -0.2) is 17.4 Å². The average Bonchev–Trinajstić information content (AvgIpc) is 3.03. The van der Waals surface area contributed by atoms with Gasteiger partial charge in [0.1, 0.15) is 6.17 Å². The smallest absolute Gasteiger partial charge is 0.103 e. The van der Waals surface area contributed by atoms with Crippen LogP contribution in [0, 0.1) is 29.1 Å². The minimum atomic E-state index is -0.665. The molecule has 0 aromatic rings. The van der Waals surface area contributed by atoms with Crippen molar-refractivity contribution in [3.63, 3.8) is 0 Å². The van der Waals surface area contributed by atoms with Gasteiger partial charge >= 0.3 is 0 Å². The Bertz CT molecular complexity index is 645. The third kappa shape index (κ3) is 5.06. The first-order valence-corrected chi connectivity index (χ1v) is 12.1. The van der Waals surface area contributed by atoms with Crippen LogP contribution in [0.5, 0.6) is 0 Å². The van der Waals surface area contributed by atoms with Crippen LogP contribution < -0.4 is 0 Å². The summed E-state index contributed by atoms with van der Waals surface area (Å²) in [6, 6.07) is 0. The molecule has 0 aliphatic heterocycles. The van der Waals surface area contributed by atoms with E-state index < -0.39 is 6.17 Å². The molecule has 3 fully saturated rings. The summed E-state index contributed by atoms with van der Waals surface area (Å²) in [7, 11) is 0. The van der Waals surface area contributed by atoms with Crippen LogP contribution in [0.3, 0.4) is 0 Å². The summed E-state index contributed by atoms with van der Waals surface area (Å²) in [4.78, 5) is 0. The van der Waals surface area contributed by atoms with E-state index in [2.05, 4.69) is 46.4 Å². The number of fused-ring (bicyclic) bond motifs is 1. The number of aliphatic hydroxyl groups excluding tert-OH is 1. The molecule has 2 heteroatoms. The van der Waals surface area contributed by atoms with Gasteiger partial charge in [0, 0.05) is 0 Å². The van der Waals surface area contributed by atoms with Gasteiger partial charge in [-0.3, -0.25) is 0 Å². The van der Waals surface area contributed by atoms with Crippen molar-refractivity contribution in [2.75, 3.05) is 0 Å². The summed E-state index contributed by atoms with van der Waals surface area (Å²) in [6.07, 6.45) is 13.9. The zero-order chi connectivity index (χ0) is 21.2. The number of allylic oxidation sites excluding steroid dienone is 4. The highest BCUT2D eigenvalue weighted by atomic mass is 19.1. The second-order valence-electron chi connectivity index (χ2n) is 10.9. The van der Waals surface area contributed by atoms with Crippen molar-refractivity contribution in [2.45, 2.75) is 104 Å². The third-order valence-corrected chi connectivity index (χ3v) is 8.45. The minimum absolute atomic E-state index is 0.162. The zero-order valence-corrected chi connectivity index (χ0v) is 19.2. The first-order chi connectivity index (χ1) is 13.7. The van der Waals surface area contributed by atoms with Crippen molar-refractivity contribution in [1.82, 2.24) is 0 Å². The highest BCUT2D eigenvalue weighted by Gasteiger charge is 2.51. The van der Waals surface area contributed by atoms with Gasteiger partial charge in [-0.15, -0.1) is 0 Å². The van der Waals surface area contributed by atoms with Crippen molar-refractivity contribution in [3.05, 3.63) is 35.5 Å². The van der Waals surface area contributed by atoms with Crippen LogP contribution in [0.15, 0.2) is 35.5 Å². The Labute approximate surface area is 178 Å². The lowest BCUT2D eigenvalue weighted by molar-refractivity contribution is 0.0542. The second kappa shape index (κ2) is 9.50. The lowest BCUT2D eigenvalue weighted by Gasteiger charge is -2.45. The summed E-state index contributed by atoms with van der Waals surface area (Å²) < 4.78 is 15.0. The molecular formula is C27H43FO. The molecule has 29 heavy (non-hydrogen) atoms. The van der Waals surface area contributed by atoms with E-state index in [0.717, 1.165) is 32.1 Å². The summed E-state index contributed by atoms with van der Waals surface area (Å²) >= 11 is 0. The number of rotatable bonds is 6. The molecule has 3 rings (SSSR count). The van der Waals surface area contributed by atoms with Gasteiger partial charge in [0.2, 0.25) is 0 Å². The second-order valence-corrected chi connectivity index (χ2v) is 10.9. The maximum atomic E-state index is 15.0. The fourth-order valence-corrected chi connectivity index (χ4v) is 6.55. The molecule has 1 nitrogen and oxygen atoms in total. The van der Waals surface area contributed by atoms with E-state index in [1.165, 1.54) is 43.3 Å². The topological polar surface area (TPSA) is 20.2 Å². The predicted molar refractivity (Wildman–Crippen MR) is 121 cm³/mol. The average molecular weight is 403 g/mol. The van der Waals surface area contributed by atoms with Crippen LogP contribution in [0.1, 0.15) is 91.9 Å². The molecule has 2 unspecified atom stereocenters. The van der Waals surface area contributed by atoms with E-state index in [1.54, 1.807) is 5.57 Å². The Kier molecular flexibility index (Phi) is 7.46. The van der Waals surface area contributed by atoms with Crippen LogP contribution >= 0.6 is 0 Å². The van der Waals surface area contributed by atoms with Gasteiger partial charge in [-0.25, -0.2) is 4.39 Å². The van der Waals surface area contributed by atoms with Crippen LogP contribution in [0.25, 0.3) is 0 Å². The summed E-state index contributed by atoms with van der Waals surface area (Å²) in [5.74, 6) is 1.84. The normalized spacial score (nSPS) is 37.9. The predicted octanol–water partition coefficient (Wildman–Crippen LogP) is 7.57. The zero-order valence-electron chi connectivity index (χ0n) is 19.2. The fourth-order valence-electron chi connectivity index (χ4n) is 6.55. The Morgan fingerprint density at radius 1 is 1.14 bits per heavy atom. The molecule has 0 radical (unpaired) electrons. The molecule has 0 saturated heterocycles. The van der Waals surface area contributed by atoms with Crippen molar-refractivity contribution in [1.29, 1.82) is 0 Å².